The molecule has 0 amide bonds. The highest BCUT2D eigenvalue weighted by molar-refractivity contribution is 7.71. The highest BCUT2D eigenvalue weighted by Crippen LogP contribution is 2.25. The van der Waals surface area contributed by atoms with E-state index in [1.807, 2.05) is 60.7 Å². The van der Waals surface area contributed by atoms with Gasteiger partial charge < -0.3 is 0 Å². The molecule has 4 nitrogen and oxygen atoms in total. The summed E-state index contributed by atoms with van der Waals surface area (Å²) < 4.78 is 2.41. The Morgan fingerprint density at radius 3 is 2.35 bits per heavy atom. The molecule has 0 spiro atoms. The van der Waals surface area contributed by atoms with Crippen molar-refractivity contribution in [3.8, 4) is 17.1 Å². The molecule has 5 heteroatoms. The molecule has 0 aliphatic carbocycles. The molecule has 0 bridgehead atoms. The Morgan fingerprint density at radius 2 is 1.57 bits per heavy atom. The van der Waals surface area contributed by atoms with Crippen molar-refractivity contribution in [1.29, 1.82) is 0 Å². The van der Waals surface area contributed by atoms with E-state index in [0.717, 1.165) is 28.0 Å². The van der Waals surface area contributed by atoms with Gasteiger partial charge in [0.05, 0.1) is 11.4 Å². The number of pyridine rings is 2. The predicted octanol–water partition coefficient (Wildman–Crippen LogP) is 4.21. The first-order valence-electron chi connectivity index (χ1n) is 7.19. The minimum absolute atomic E-state index is 0.638. The van der Waals surface area contributed by atoms with Crippen molar-refractivity contribution in [2.24, 2.45) is 0 Å². The molecule has 4 aromatic rings. The van der Waals surface area contributed by atoms with Gasteiger partial charge in [-0.2, -0.15) is 5.10 Å². The number of fused-ring (bicyclic) bond motifs is 1. The van der Waals surface area contributed by atoms with E-state index in [1.54, 1.807) is 17.1 Å². The summed E-state index contributed by atoms with van der Waals surface area (Å²) in [5, 5.41) is 5.62. The summed E-state index contributed by atoms with van der Waals surface area (Å²) in [5.74, 6) is 0. The first-order chi connectivity index (χ1) is 11.3. The van der Waals surface area contributed by atoms with E-state index < -0.39 is 0 Å². The molecule has 4 rings (SSSR count). The maximum atomic E-state index is 5.63. The van der Waals surface area contributed by atoms with Gasteiger partial charge in [-0.15, -0.1) is 0 Å². The Labute approximate surface area is 138 Å². The van der Waals surface area contributed by atoms with Crippen molar-refractivity contribution in [3.05, 3.63) is 77.7 Å². The van der Waals surface area contributed by atoms with Crippen molar-refractivity contribution >= 4 is 23.1 Å². The van der Waals surface area contributed by atoms with Gasteiger partial charge >= 0.3 is 0 Å². The van der Waals surface area contributed by atoms with Crippen LogP contribution in [0.2, 0.25) is 0 Å². The SMILES string of the molecule is S=c1c2cccnc2c(-c2ccccn2)nn1-c1ccccc1. The molecule has 0 atom stereocenters. The Kier molecular flexibility index (Phi) is 3.40. The maximum Gasteiger partial charge on any atom is 0.137 e. The first-order valence-corrected chi connectivity index (χ1v) is 7.60. The van der Waals surface area contributed by atoms with Gasteiger partial charge in [-0.3, -0.25) is 9.97 Å². The minimum atomic E-state index is 0.638. The summed E-state index contributed by atoms with van der Waals surface area (Å²) in [4.78, 5) is 8.88. The normalized spacial score (nSPS) is 10.8. The molecule has 0 radical (unpaired) electrons. The molecule has 0 unspecified atom stereocenters. The van der Waals surface area contributed by atoms with Crippen LogP contribution >= 0.6 is 12.2 Å². The molecule has 23 heavy (non-hydrogen) atoms. The van der Waals surface area contributed by atoms with Crippen LogP contribution in [0.15, 0.2) is 73.1 Å². The molecule has 0 N–H and O–H groups in total. The van der Waals surface area contributed by atoms with E-state index in [4.69, 9.17) is 17.3 Å². The van der Waals surface area contributed by atoms with E-state index >= 15 is 0 Å². The summed E-state index contributed by atoms with van der Waals surface area (Å²) in [5.41, 5.74) is 3.18. The lowest BCUT2D eigenvalue weighted by Crippen LogP contribution is -2.06. The standard InChI is InChI=1S/C18H12N4S/c23-18-14-9-6-12-20-16(14)17(15-10-4-5-11-19-15)21-22(18)13-7-2-1-3-8-13/h1-12H. The van der Waals surface area contributed by atoms with Gasteiger partial charge in [0.1, 0.15) is 15.9 Å². The molecule has 3 aromatic heterocycles. The molecule has 3 heterocycles. The molecule has 0 aliphatic rings. The minimum Gasteiger partial charge on any atom is -0.254 e. The second-order valence-electron chi connectivity index (χ2n) is 5.02. The van der Waals surface area contributed by atoms with E-state index in [-0.39, 0.29) is 0 Å². The lowest BCUT2D eigenvalue weighted by Gasteiger charge is -2.11. The molecule has 0 fully saturated rings. The van der Waals surface area contributed by atoms with Gasteiger partial charge in [-0.05, 0) is 36.4 Å². The van der Waals surface area contributed by atoms with Crippen LogP contribution in [0.5, 0.6) is 0 Å². The molecule has 1 aromatic carbocycles. The Hall–Kier alpha value is -2.92. The lowest BCUT2D eigenvalue weighted by molar-refractivity contribution is 0.843. The number of hydrogen-bond donors (Lipinski definition) is 0. The summed E-state index contributed by atoms with van der Waals surface area (Å²) in [6, 6.07) is 19.5. The van der Waals surface area contributed by atoms with Crippen molar-refractivity contribution < 1.29 is 0 Å². The first kappa shape index (κ1) is 13.7. The lowest BCUT2D eigenvalue weighted by atomic mass is 10.2. The van der Waals surface area contributed by atoms with Crippen molar-refractivity contribution in [1.82, 2.24) is 19.7 Å². The number of benzene rings is 1. The quantitative estimate of drug-likeness (QED) is 0.520. The number of rotatable bonds is 2. The second-order valence-corrected chi connectivity index (χ2v) is 5.40. The average Bonchev–Trinajstić information content (AvgIpc) is 2.64. The van der Waals surface area contributed by atoms with Crippen LogP contribution in [0, 0.1) is 4.64 Å². The molecular weight excluding hydrogens is 304 g/mol. The number of aromatic nitrogens is 4. The Balaban J connectivity index is 2.11. The zero-order valence-corrected chi connectivity index (χ0v) is 12.9. The maximum absolute atomic E-state index is 5.63. The Bertz CT molecular complexity index is 1030. The van der Waals surface area contributed by atoms with Crippen LogP contribution in [-0.2, 0) is 0 Å². The molecule has 0 aliphatic heterocycles. The smallest absolute Gasteiger partial charge is 0.137 e. The van der Waals surface area contributed by atoms with Crippen molar-refractivity contribution in [3.63, 3.8) is 0 Å². The third-order valence-electron chi connectivity index (χ3n) is 3.56. The molecule has 0 saturated heterocycles. The van der Waals surface area contributed by atoms with E-state index in [2.05, 4.69) is 9.97 Å². The average molecular weight is 316 g/mol. The van der Waals surface area contributed by atoms with Crippen LogP contribution in [-0.4, -0.2) is 19.7 Å². The highest BCUT2D eigenvalue weighted by atomic mass is 32.1. The van der Waals surface area contributed by atoms with Crippen LogP contribution < -0.4 is 0 Å². The zero-order chi connectivity index (χ0) is 15.6. The van der Waals surface area contributed by atoms with E-state index in [0.29, 0.717) is 4.64 Å². The predicted molar refractivity (Wildman–Crippen MR) is 92.9 cm³/mol. The van der Waals surface area contributed by atoms with E-state index in [9.17, 15) is 0 Å². The summed E-state index contributed by atoms with van der Waals surface area (Å²) in [6.07, 6.45) is 3.50. The monoisotopic (exact) mass is 316 g/mol. The number of hydrogen-bond acceptors (Lipinski definition) is 4. The van der Waals surface area contributed by atoms with Crippen LogP contribution in [0.3, 0.4) is 0 Å². The number of para-hydroxylation sites is 1. The van der Waals surface area contributed by atoms with Gasteiger partial charge in [0.15, 0.2) is 0 Å². The fourth-order valence-corrected chi connectivity index (χ4v) is 2.80. The largest absolute Gasteiger partial charge is 0.254 e. The third-order valence-corrected chi connectivity index (χ3v) is 3.96. The van der Waals surface area contributed by atoms with Crippen LogP contribution in [0.4, 0.5) is 0 Å². The highest BCUT2D eigenvalue weighted by Gasteiger charge is 2.12. The topological polar surface area (TPSA) is 43.6 Å². The van der Waals surface area contributed by atoms with E-state index in [1.165, 1.54) is 0 Å². The fourth-order valence-electron chi connectivity index (χ4n) is 2.49. The summed E-state index contributed by atoms with van der Waals surface area (Å²) >= 11 is 5.63. The summed E-state index contributed by atoms with van der Waals surface area (Å²) in [7, 11) is 0. The van der Waals surface area contributed by atoms with Gasteiger partial charge in [-0.1, -0.05) is 36.5 Å². The summed E-state index contributed by atoms with van der Waals surface area (Å²) in [6.45, 7) is 0. The fraction of sp³-hybridized carbons (Fsp3) is 0. The van der Waals surface area contributed by atoms with Crippen LogP contribution in [0.1, 0.15) is 0 Å². The van der Waals surface area contributed by atoms with Gasteiger partial charge in [-0.25, -0.2) is 4.68 Å². The molecule has 110 valence electrons. The Morgan fingerprint density at radius 1 is 0.783 bits per heavy atom. The molecule has 0 saturated carbocycles. The second kappa shape index (κ2) is 5.70. The van der Waals surface area contributed by atoms with Gasteiger partial charge in [0.25, 0.3) is 0 Å². The van der Waals surface area contributed by atoms with Crippen molar-refractivity contribution in [2.75, 3.05) is 0 Å². The molecular formula is C18H12N4S. The third kappa shape index (κ3) is 2.41. The van der Waals surface area contributed by atoms with Crippen molar-refractivity contribution in [2.45, 2.75) is 0 Å². The number of nitrogens with zero attached hydrogens (tertiary/aromatic N) is 4. The zero-order valence-electron chi connectivity index (χ0n) is 12.1. The van der Waals surface area contributed by atoms with Crippen LogP contribution in [0.25, 0.3) is 28.0 Å². The van der Waals surface area contributed by atoms with Gasteiger partial charge in [0, 0.05) is 17.8 Å². The van der Waals surface area contributed by atoms with Gasteiger partial charge in [0.2, 0.25) is 0 Å².